The van der Waals surface area contributed by atoms with Gasteiger partial charge >= 0.3 is 0 Å². The van der Waals surface area contributed by atoms with E-state index in [1.807, 2.05) is 6.07 Å². The highest BCUT2D eigenvalue weighted by Crippen LogP contribution is 2.28. The molecule has 2 N–H and O–H groups in total. The van der Waals surface area contributed by atoms with Crippen molar-refractivity contribution in [3.63, 3.8) is 0 Å². The van der Waals surface area contributed by atoms with Crippen LogP contribution in [-0.4, -0.2) is 23.9 Å². The van der Waals surface area contributed by atoms with Crippen molar-refractivity contribution < 1.29 is 9.84 Å². The largest absolute Gasteiger partial charge is 0.487 e. The predicted octanol–water partition coefficient (Wildman–Crippen LogP) is 3.35. The van der Waals surface area contributed by atoms with Crippen LogP contribution in [0, 0.1) is 6.92 Å². The third-order valence-corrected chi connectivity index (χ3v) is 4.10. The minimum Gasteiger partial charge on any atom is -0.487 e. The Hall–Kier alpha value is -1.06. The van der Waals surface area contributed by atoms with Crippen LogP contribution in [0.25, 0.3) is 0 Å². The van der Waals surface area contributed by atoms with Gasteiger partial charge in [0.2, 0.25) is 0 Å². The highest BCUT2D eigenvalue weighted by Gasteiger charge is 2.27. The highest BCUT2D eigenvalue weighted by molar-refractivity contribution is 5.37. The first-order valence-corrected chi connectivity index (χ1v) is 7.80. The Balaban J connectivity index is 2.01. The maximum absolute atomic E-state index is 9.85. The third-order valence-electron chi connectivity index (χ3n) is 4.10. The summed E-state index contributed by atoms with van der Waals surface area (Å²) in [5, 5.41) is 13.3. The van der Waals surface area contributed by atoms with E-state index in [1.54, 1.807) is 0 Å². The van der Waals surface area contributed by atoms with Crippen LogP contribution < -0.4 is 10.1 Å². The molecule has 3 heteroatoms. The Morgan fingerprint density at radius 1 is 1.40 bits per heavy atom. The van der Waals surface area contributed by atoms with Crippen LogP contribution in [-0.2, 0) is 0 Å². The van der Waals surface area contributed by atoms with Crippen LogP contribution >= 0.6 is 0 Å². The van der Waals surface area contributed by atoms with E-state index >= 15 is 0 Å². The summed E-state index contributed by atoms with van der Waals surface area (Å²) in [5.41, 5.74) is 2.43. The Labute approximate surface area is 122 Å². The van der Waals surface area contributed by atoms with Gasteiger partial charge in [0.1, 0.15) is 11.9 Å². The lowest BCUT2D eigenvalue weighted by Gasteiger charge is -2.20. The highest BCUT2D eigenvalue weighted by atomic mass is 16.5. The van der Waals surface area contributed by atoms with Gasteiger partial charge in [-0.15, -0.1) is 0 Å². The van der Waals surface area contributed by atoms with Gasteiger partial charge in [-0.05, 0) is 63.3 Å². The van der Waals surface area contributed by atoms with Crippen LogP contribution in [0.1, 0.15) is 56.7 Å². The van der Waals surface area contributed by atoms with E-state index in [-0.39, 0.29) is 12.2 Å². The van der Waals surface area contributed by atoms with E-state index in [2.05, 4.69) is 38.2 Å². The molecule has 0 aliphatic heterocycles. The third kappa shape index (κ3) is 3.74. The Bertz CT molecular complexity index is 433. The number of aliphatic hydroxyl groups is 1. The average molecular weight is 277 g/mol. The smallest absolute Gasteiger partial charge is 0.124 e. The first-order chi connectivity index (χ1) is 9.61. The van der Waals surface area contributed by atoms with Crippen molar-refractivity contribution in [2.75, 3.05) is 6.54 Å². The van der Waals surface area contributed by atoms with Crippen molar-refractivity contribution in [3.05, 3.63) is 29.3 Å². The van der Waals surface area contributed by atoms with Crippen LogP contribution in [0.15, 0.2) is 18.2 Å². The molecule has 1 saturated carbocycles. The molecule has 3 unspecified atom stereocenters. The lowest BCUT2D eigenvalue weighted by molar-refractivity contribution is 0.0599. The Kier molecular flexibility index (Phi) is 5.44. The van der Waals surface area contributed by atoms with E-state index in [4.69, 9.17) is 4.74 Å². The fourth-order valence-electron chi connectivity index (χ4n) is 2.76. The van der Waals surface area contributed by atoms with Crippen molar-refractivity contribution in [2.45, 2.75) is 64.7 Å². The maximum atomic E-state index is 9.85. The normalized spacial score (nSPS) is 23.8. The van der Waals surface area contributed by atoms with Crippen molar-refractivity contribution in [2.24, 2.45) is 0 Å². The van der Waals surface area contributed by atoms with Gasteiger partial charge in [-0.1, -0.05) is 19.1 Å². The number of ether oxygens (including phenoxy) is 1. The molecule has 0 aromatic heterocycles. The van der Waals surface area contributed by atoms with E-state index in [0.717, 1.165) is 43.5 Å². The summed E-state index contributed by atoms with van der Waals surface area (Å²) in [6.45, 7) is 7.47. The molecule has 0 saturated heterocycles. The summed E-state index contributed by atoms with van der Waals surface area (Å²) in [5.74, 6) is 0.905. The lowest BCUT2D eigenvalue weighted by atomic mass is 10.0. The molecular weight excluding hydrogens is 250 g/mol. The second-order valence-corrected chi connectivity index (χ2v) is 5.86. The number of benzene rings is 1. The molecule has 3 nitrogen and oxygen atoms in total. The van der Waals surface area contributed by atoms with E-state index in [1.165, 1.54) is 5.56 Å². The zero-order valence-corrected chi connectivity index (χ0v) is 12.9. The van der Waals surface area contributed by atoms with Gasteiger partial charge in [0.15, 0.2) is 0 Å². The SMILES string of the molecule is CCCNC(C)c1ccc(OC2CCCC2O)c(C)c1. The fraction of sp³-hybridized carbons (Fsp3) is 0.647. The Morgan fingerprint density at radius 3 is 2.80 bits per heavy atom. The summed E-state index contributed by atoms with van der Waals surface area (Å²) in [4.78, 5) is 0. The quantitative estimate of drug-likeness (QED) is 0.838. The van der Waals surface area contributed by atoms with Gasteiger partial charge in [0.05, 0.1) is 6.10 Å². The van der Waals surface area contributed by atoms with E-state index in [0.29, 0.717) is 6.04 Å². The molecule has 20 heavy (non-hydrogen) atoms. The minimum absolute atomic E-state index is 0.0322. The van der Waals surface area contributed by atoms with Gasteiger partial charge in [-0.25, -0.2) is 0 Å². The molecule has 1 aliphatic rings. The first-order valence-electron chi connectivity index (χ1n) is 7.80. The second kappa shape index (κ2) is 7.09. The van der Waals surface area contributed by atoms with Gasteiger partial charge in [0.25, 0.3) is 0 Å². The molecule has 2 rings (SSSR count). The van der Waals surface area contributed by atoms with Crippen molar-refractivity contribution >= 4 is 0 Å². The standard InChI is InChI=1S/C17H27NO2/c1-4-10-18-13(3)14-8-9-16(12(2)11-14)20-17-7-5-6-15(17)19/h8-9,11,13,15,17-19H,4-7,10H2,1-3H3. The number of aryl methyl sites for hydroxylation is 1. The molecular formula is C17H27NO2. The summed E-state index contributed by atoms with van der Waals surface area (Å²) in [6, 6.07) is 6.71. The number of hydrogen-bond donors (Lipinski definition) is 2. The van der Waals surface area contributed by atoms with Crippen LogP contribution in [0.3, 0.4) is 0 Å². The molecule has 1 fully saturated rings. The molecule has 112 valence electrons. The van der Waals surface area contributed by atoms with Crippen molar-refractivity contribution in [1.29, 1.82) is 0 Å². The van der Waals surface area contributed by atoms with Crippen molar-refractivity contribution in [1.82, 2.24) is 5.32 Å². The van der Waals surface area contributed by atoms with Gasteiger partial charge in [-0.3, -0.25) is 0 Å². The molecule has 0 bridgehead atoms. The van der Waals surface area contributed by atoms with Crippen molar-refractivity contribution in [3.8, 4) is 5.75 Å². The molecule has 0 heterocycles. The zero-order valence-electron chi connectivity index (χ0n) is 12.9. The lowest BCUT2D eigenvalue weighted by Crippen LogP contribution is -2.26. The topological polar surface area (TPSA) is 41.5 Å². The molecule has 1 aliphatic carbocycles. The van der Waals surface area contributed by atoms with Crippen LogP contribution in [0.2, 0.25) is 0 Å². The molecule has 1 aromatic rings. The number of rotatable bonds is 6. The van der Waals surface area contributed by atoms with E-state index in [9.17, 15) is 5.11 Å². The fourth-order valence-corrected chi connectivity index (χ4v) is 2.76. The average Bonchev–Trinajstić information content (AvgIpc) is 2.84. The predicted molar refractivity (Wildman–Crippen MR) is 82.2 cm³/mol. The summed E-state index contributed by atoms with van der Waals surface area (Å²) in [6.07, 6.45) is 3.68. The maximum Gasteiger partial charge on any atom is 0.124 e. The second-order valence-electron chi connectivity index (χ2n) is 5.86. The zero-order chi connectivity index (χ0) is 14.5. The molecule has 0 spiro atoms. The molecule has 0 radical (unpaired) electrons. The number of nitrogens with one attached hydrogen (secondary N) is 1. The van der Waals surface area contributed by atoms with Gasteiger partial charge in [-0.2, -0.15) is 0 Å². The Morgan fingerprint density at radius 2 is 2.20 bits per heavy atom. The molecule has 3 atom stereocenters. The first kappa shape index (κ1) is 15.3. The van der Waals surface area contributed by atoms with Crippen LogP contribution in [0.5, 0.6) is 5.75 Å². The minimum atomic E-state index is -0.306. The van der Waals surface area contributed by atoms with Gasteiger partial charge in [0, 0.05) is 6.04 Å². The monoisotopic (exact) mass is 277 g/mol. The summed E-state index contributed by atoms with van der Waals surface area (Å²) in [7, 11) is 0. The molecule has 1 aromatic carbocycles. The summed E-state index contributed by atoms with van der Waals surface area (Å²) < 4.78 is 5.96. The molecule has 0 amide bonds. The number of aliphatic hydroxyl groups excluding tert-OH is 1. The number of hydrogen-bond acceptors (Lipinski definition) is 3. The van der Waals surface area contributed by atoms with Gasteiger partial charge < -0.3 is 15.2 Å². The van der Waals surface area contributed by atoms with Crippen LogP contribution in [0.4, 0.5) is 0 Å². The van der Waals surface area contributed by atoms with E-state index < -0.39 is 0 Å². The summed E-state index contributed by atoms with van der Waals surface area (Å²) >= 11 is 0.